The van der Waals surface area contributed by atoms with E-state index in [9.17, 15) is 14.9 Å². The first-order valence-electron chi connectivity index (χ1n) is 5.91. The first kappa shape index (κ1) is 13.7. The summed E-state index contributed by atoms with van der Waals surface area (Å²) in [7, 11) is 0. The second-order valence-corrected chi connectivity index (χ2v) is 3.96. The Morgan fingerprint density at radius 3 is 2.90 bits per heavy atom. The van der Waals surface area contributed by atoms with Crippen LogP contribution in [-0.2, 0) is 4.74 Å². The minimum atomic E-state index is -0.623. The maximum absolute atomic E-state index is 11.8. The molecule has 104 valence electrons. The van der Waals surface area contributed by atoms with Gasteiger partial charge in [0.2, 0.25) is 0 Å². The van der Waals surface area contributed by atoms with Gasteiger partial charge in [-0.3, -0.25) is 10.1 Å². The van der Waals surface area contributed by atoms with Gasteiger partial charge < -0.3 is 9.15 Å². The third-order valence-electron chi connectivity index (χ3n) is 2.78. The van der Waals surface area contributed by atoms with Gasteiger partial charge in [-0.2, -0.15) is 0 Å². The average molecular weight is 276 g/mol. The maximum atomic E-state index is 11.8. The first-order valence-corrected chi connectivity index (χ1v) is 5.91. The van der Waals surface area contributed by atoms with Crippen LogP contribution in [-0.4, -0.2) is 22.5 Å². The van der Waals surface area contributed by atoms with E-state index in [4.69, 9.17) is 9.15 Å². The molecule has 0 saturated heterocycles. The Hall–Kier alpha value is -2.70. The van der Waals surface area contributed by atoms with Crippen LogP contribution in [0.5, 0.6) is 0 Å². The summed E-state index contributed by atoms with van der Waals surface area (Å²) in [6, 6.07) is 4.54. The highest BCUT2D eigenvalue weighted by Gasteiger charge is 2.23. The van der Waals surface area contributed by atoms with Crippen LogP contribution >= 0.6 is 0 Å². The molecule has 0 saturated carbocycles. The molecule has 0 unspecified atom stereocenters. The van der Waals surface area contributed by atoms with Crippen molar-refractivity contribution in [3.05, 3.63) is 46.0 Å². The molecule has 0 aliphatic carbocycles. The number of nitro benzene ring substituents is 1. The van der Waals surface area contributed by atoms with Crippen molar-refractivity contribution in [3.63, 3.8) is 0 Å². The first-order chi connectivity index (χ1) is 9.56. The zero-order valence-electron chi connectivity index (χ0n) is 11.0. The van der Waals surface area contributed by atoms with E-state index in [1.165, 1.54) is 12.1 Å². The number of rotatable bonds is 4. The summed E-state index contributed by atoms with van der Waals surface area (Å²) < 4.78 is 10.1. The molecule has 0 atom stereocenters. The van der Waals surface area contributed by atoms with Crippen molar-refractivity contribution in [2.75, 3.05) is 6.61 Å². The van der Waals surface area contributed by atoms with E-state index >= 15 is 0 Å². The summed E-state index contributed by atoms with van der Waals surface area (Å²) in [4.78, 5) is 26.0. The van der Waals surface area contributed by atoms with Gasteiger partial charge in [0.15, 0.2) is 17.8 Å². The van der Waals surface area contributed by atoms with Crippen LogP contribution in [0.4, 0.5) is 5.69 Å². The lowest BCUT2D eigenvalue weighted by atomic mass is 10.0. The number of nitrogens with zero attached hydrogens (tertiary/aromatic N) is 2. The molecule has 0 amide bonds. The Morgan fingerprint density at radius 1 is 1.50 bits per heavy atom. The number of aromatic nitrogens is 1. The van der Waals surface area contributed by atoms with Gasteiger partial charge in [-0.15, -0.1) is 0 Å². The highest BCUT2D eigenvalue weighted by Crippen LogP contribution is 2.31. The monoisotopic (exact) mass is 276 g/mol. The number of hydrogen-bond donors (Lipinski definition) is 0. The van der Waals surface area contributed by atoms with Crippen LogP contribution in [0.15, 0.2) is 29.0 Å². The van der Waals surface area contributed by atoms with Crippen molar-refractivity contribution in [1.82, 2.24) is 4.98 Å². The van der Waals surface area contributed by atoms with Crippen molar-refractivity contribution in [2.45, 2.75) is 13.8 Å². The molecule has 20 heavy (non-hydrogen) atoms. The Labute approximate surface area is 114 Å². The average Bonchev–Trinajstić information content (AvgIpc) is 2.88. The van der Waals surface area contributed by atoms with Crippen LogP contribution in [0, 0.1) is 17.0 Å². The Balaban J connectivity index is 2.53. The lowest BCUT2D eigenvalue weighted by Crippen LogP contribution is -2.06. The topological polar surface area (TPSA) is 95.5 Å². The molecule has 2 rings (SSSR count). The molecule has 0 bridgehead atoms. The van der Waals surface area contributed by atoms with Gasteiger partial charge in [-0.25, -0.2) is 9.78 Å². The zero-order chi connectivity index (χ0) is 14.7. The van der Waals surface area contributed by atoms with E-state index < -0.39 is 10.9 Å². The largest absolute Gasteiger partial charge is 0.461 e. The van der Waals surface area contributed by atoms with E-state index in [0.717, 1.165) is 6.39 Å². The number of ether oxygens (including phenoxy) is 1. The number of hydrogen-bond acceptors (Lipinski definition) is 6. The van der Waals surface area contributed by atoms with Gasteiger partial charge in [-0.1, -0.05) is 12.1 Å². The number of benzene rings is 1. The summed E-state index contributed by atoms with van der Waals surface area (Å²) >= 11 is 0. The third-order valence-corrected chi connectivity index (χ3v) is 2.78. The SMILES string of the molecule is CCOC(=O)c1ncoc1-c1cccc([N+](=O)[O-])c1C. The highest BCUT2D eigenvalue weighted by atomic mass is 16.6. The van der Waals surface area contributed by atoms with Crippen molar-refractivity contribution >= 4 is 11.7 Å². The molecule has 1 heterocycles. The van der Waals surface area contributed by atoms with Gasteiger partial charge in [-0.05, 0) is 13.8 Å². The fourth-order valence-electron chi connectivity index (χ4n) is 1.85. The zero-order valence-corrected chi connectivity index (χ0v) is 11.0. The molecule has 0 fully saturated rings. The molecular weight excluding hydrogens is 264 g/mol. The highest BCUT2D eigenvalue weighted by molar-refractivity contribution is 5.94. The van der Waals surface area contributed by atoms with E-state index in [2.05, 4.69) is 4.98 Å². The molecule has 7 heteroatoms. The number of esters is 1. The summed E-state index contributed by atoms with van der Waals surface area (Å²) in [5.74, 6) is -0.452. The quantitative estimate of drug-likeness (QED) is 0.484. The Morgan fingerprint density at radius 2 is 2.25 bits per heavy atom. The molecule has 1 aromatic carbocycles. The Kier molecular flexibility index (Phi) is 3.79. The summed E-state index contributed by atoms with van der Waals surface area (Å²) in [5.41, 5.74) is 0.809. The van der Waals surface area contributed by atoms with Crippen LogP contribution in [0.25, 0.3) is 11.3 Å². The number of carbonyl (C=O) groups is 1. The molecular formula is C13H12N2O5. The minimum absolute atomic E-state index is 0.00967. The second-order valence-electron chi connectivity index (χ2n) is 3.96. The standard InChI is InChI=1S/C13H12N2O5/c1-3-19-13(16)11-12(20-7-14-11)9-5-4-6-10(8(9)2)15(17)18/h4-7H,3H2,1-2H3. The lowest BCUT2D eigenvalue weighted by Gasteiger charge is -2.05. The molecule has 0 aliphatic heterocycles. The molecule has 0 spiro atoms. The van der Waals surface area contributed by atoms with Crippen molar-refractivity contribution in [2.24, 2.45) is 0 Å². The number of oxazole rings is 1. The fraction of sp³-hybridized carbons (Fsp3) is 0.231. The van der Waals surface area contributed by atoms with Crippen molar-refractivity contribution in [1.29, 1.82) is 0 Å². The van der Waals surface area contributed by atoms with Crippen molar-refractivity contribution < 1.29 is 18.9 Å². The molecule has 2 aromatic rings. The van der Waals surface area contributed by atoms with E-state index in [0.29, 0.717) is 11.1 Å². The van der Waals surface area contributed by atoms with Crippen molar-refractivity contribution in [3.8, 4) is 11.3 Å². The summed E-state index contributed by atoms with van der Waals surface area (Å²) in [6.07, 6.45) is 1.11. The molecule has 0 N–H and O–H groups in total. The Bertz CT molecular complexity index is 663. The maximum Gasteiger partial charge on any atom is 0.360 e. The van der Waals surface area contributed by atoms with E-state index in [-0.39, 0.29) is 23.7 Å². The minimum Gasteiger partial charge on any atom is -0.461 e. The van der Waals surface area contributed by atoms with Gasteiger partial charge in [0.1, 0.15) is 0 Å². The predicted molar refractivity (Wildman–Crippen MR) is 69.3 cm³/mol. The van der Waals surface area contributed by atoms with Gasteiger partial charge in [0.05, 0.1) is 11.5 Å². The number of carbonyl (C=O) groups excluding carboxylic acids is 1. The molecule has 0 radical (unpaired) electrons. The van der Waals surface area contributed by atoms with Crippen LogP contribution in [0.2, 0.25) is 0 Å². The lowest BCUT2D eigenvalue weighted by molar-refractivity contribution is -0.385. The normalized spacial score (nSPS) is 10.3. The molecule has 1 aromatic heterocycles. The molecule has 7 nitrogen and oxygen atoms in total. The van der Waals surface area contributed by atoms with Gasteiger partial charge in [0, 0.05) is 17.2 Å². The molecule has 0 aliphatic rings. The van der Waals surface area contributed by atoms with Gasteiger partial charge >= 0.3 is 5.97 Å². The predicted octanol–water partition coefficient (Wildman–Crippen LogP) is 2.73. The van der Waals surface area contributed by atoms with Crippen LogP contribution < -0.4 is 0 Å². The fourth-order valence-corrected chi connectivity index (χ4v) is 1.85. The van der Waals surface area contributed by atoms with E-state index in [1.54, 1.807) is 19.9 Å². The number of nitro groups is 1. The van der Waals surface area contributed by atoms with Gasteiger partial charge in [0.25, 0.3) is 5.69 Å². The summed E-state index contributed by atoms with van der Waals surface area (Å²) in [5, 5.41) is 10.9. The van der Waals surface area contributed by atoms with Crippen LogP contribution in [0.1, 0.15) is 23.0 Å². The summed E-state index contributed by atoms with van der Waals surface area (Å²) in [6.45, 7) is 3.47. The smallest absolute Gasteiger partial charge is 0.360 e. The second kappa shape index (κ2) is 5.52. The third kappa shape index (κ3) is 2.37. The van der Waals surface area contributed by atoms with Crippen LogP contribution in [0.3, 0.4) is 0 Å². The van der Waals surface area contributed by atoms with E-state index in [1.807, 2.05) is 0 Å².